The second-order valence-electron chi connectivity index (χ2n) is 6.47. The zero-order valence-corrected chi connectivity index (χ0v) is 15.8. The minimum Gasteiger partial charge on any atom is -0.352 e. The molecule has 1 saturated heterocycles. The van der Waals surface area contributed by atoms with Gasteiger partial charge in [0.05, 0.1) is 4.90 Å². The fourth-order valence-electron chi connectivity index (χ4n) is 3.05. The lowest BCUT2D eigenvalue weighted by atomic mass is 10.0. The van der Waals surface area contributed by atoms with Crippen LogP contribution in [-0.4, -0.2) is 38.3 Å². The lowest BCUT2D eigenvalue weighted by Gasteiger charge is -2.15. The van der Waals surface area contributed by atoms with Crippen LogP contribution < -0.4 is 5.32 Å². The summed E-state index contributed by atoms with van der Waals surface area (Å²) < 4.78 is 26.7. The van der Waals surface area contributed by atoms with E-state index in [9.17, 15) is 13.2 Å². The van der Waals surface area contributed by atoms with Crippen LogP contribution in [0.5, 0.6) is 0 Å². The van der Waals surface area contributed by atoms with Crippen molar-refractivity contribution in [3.05, 3.63) is 54.1 Å². The Balaban J connectivity index is 1.75. The summed E-state index contributed by atoms with van der Waals surface area (Å²) >= 11 is 0. The molecule has 1 N–H and O–H groups in total. The van der Waals surface area contributed by atoms with Gasteiger partial charge in [0.15, 0.2) is 0 Å². The highest BCUT2D eigenvalue weighted by atomic mass is 32.2. The van der Waals surface area contributed by atoms with Gasteiger partial charge >= 0.3 is 0 Å². The first kappa shape index (κ1) is 18.6. The van der Waals surface area contributed by atoms with Gasteiger partial charge in [0.2, 0.25) is 10.0 Å². The summed E-state index contributed by atoms with van der Waals surface area (Å²) in [7, 11) is -3.38. The third-order valence-corrected chi connectivity index (χ3v) is 6.49. The molecule has 1 aliphatic heterocycles. The molecule has 5 nitrogen and oxygen atoms in total. The largest absolute Gasteiger partial charge is 0.352 e. The Bertz CT molecular complexity index is 853. The van der Waals surface area contributed by atoms with E-state index in [1.54, 1.807) is 28.6 Å². The molecule has 0 bridgehead atoms. The molecule has 1 amide bonds. The maximum absolute atomic E-state index is 12.6. The zero-order valence-electron chi connectivity index (χ0n) is 14.9. The average molecular weight is 372 g/mol. The minimum absolute atomic E-state index is 0.0783. The van der Waals surface area contributed by atoms with Gasteiger partial charge in [-0.05, 0) is 54.7 Å². The molecule has 2 aromatic rings. The van der Waals surface area contributed by atoms with Crippen LogP contribution >= 0.6 is 0 Å². The lowest BCUT2D eigenvalue weighted by Crippen LogP contribution is -2.27. The number of nitrogens with zero attached hydrogens (tertiary/aromatic N) is 1. The number of nitrogens with one attached hydrogen (secondary N) is 1. The quantitative estimate of drug-likeness (QED) is 0.846. The maximum Gasteiger partial charge on any atom is 0.251 e. The van der Waals surface area contributed by atoms with Crippen molar-refractivity contribution in [1.82, 2.24) is 9.62 Å². The molecular formula is C20H24N2O3S. The van der Waals surface area contributed by atoms with Crippen LogP contribution in [0.25, 0.3) is 11.1 Å². The van der Waals surface area contributed by atoms with E-state index >= 15 is 0 Å². The van der Waals surface area contributed by atoms with Crippen LogP contribution in [-0.2, 0) is 10.0 Å². The van der Waals surface area contributed by atoms with E-state index in [1.165, 1.54) is 0 Å². The van der Waals surface area contributed by atoms with Crippen LogP contribution in [0, 0.1) is 0 Å². The molecule has 0 aromatic heterocycles. The number of carbonyl (C=O) groups excluding carboxylic acids is 1. The summed E-state index contributed by atoms with van der Waals surface area (Å²) in [6, 6.07) is 14.3. The van der Waals surface area contributed by atoms with Crippen molar-refractivity contribution in [3.63, 3.8) is 0 Å². The molecule has 0 atom stereocenters. The molecule has 26 heavy (non-hydrogen) atoms. The normalized spacial score (nSPS) is 15.1. The van der Waals surface area contributed by atoms with Crippen LogP contribution in [0.1, 0.15) is 36.5 Å². The lowest BCUT2D eigenvalue weighted by molar-refractivity contribution is 0.0953. The van der Waals surface area contributed by atoms with Crippen molar-refractivity contribution in [3.8, 4) is 11.1 Å². The van der Waals surface area contributed by atoms with Gasteiger partial charge in [0.25, 0.3) is 5.91 Å². The van der Waals surface area contributed by atoms with Crippen LogP contribution in [0.2, 0.25) is 0 Å². The van der Waals surface area contributed by atoms with E-state index in [4.69, 9.17) is 0 Å². The second-order valence-corrected chi connectivity index (χ2v) is 8.41. The summed E-state index contributed by atoms with van der Waals surface area (Å²) in [5, 5.41) is 2.85. The van der Waals surface area contributed by atoms with Gasteiger partial charge in [-0.1, -0.05) is 31.2 Å². The average Bonchev–Trinajstić information content (AvgIpc) is 3.22. The van der Waals surface area contributed by atoms with Gasteiger partial charge in [0.1, 0.15) is 0 Å². The Morgan fingerprint density at radius 1 is 0.962 bits per heavy atom. The van der Waals surface area contributed by atoms with Gasteiger partial charge in [-0.25, -0.2) is 8.42 Å². The number of sulfonamides is 1. The van der Waals surface area contributed by atoms with E-state index in [0.29, 0.717) is 30.1 Å². The molecule has 1 heterocycles. The van der Waals surface area contributed by atoms with Crippen LogP contribution in [0.4, 0.5) is 0 Å². The first-order valence-electron chi connectivity index (χ1n) is 9.01. The number of amides is 1. The predicted octanol–water partition coefficient (Wildman–Crippen LogP) is 3.28. The van der Waals surface area contributed by atoms with Gasteiger partial charge < -0.3 is 5.32 Å². The summed E-state index contributed by atoms with van der Waals surface area (Å²) in [6.07, 6.45) is 2.75. The number of rotatable bonds is 6. The van der Waals surface area contributed by atoms with Crippen molar-refractivity contribution in [2.45, 2.75) is 31.1 Å². The zero-order chi connectivity index (χ0) is 18.6. The van der Waals surface area contributed by atoms with Crippen molar-refractivity contribution >= 4 is 15.9 Å². The minimum atomic E-state index is -3.38. The molecule has 0 radical (unpaired) electrons. The summed E-state index contributed by atoms with van der Waals surface area (Å²) in [6.45, 7) is 3.88. The highest BCUT2D eigenvalue weighted by Crippen LogP contribution is 2.25. The topological polar surface area (TPSA) is 66.5 Å². The van der Waals surface area contributed by atoms with Crippen molar-refractivity contribution < 1.29 is 13.2 Å². The van der Waals surface area contributed by atoms with Crippen molar-refractivity contribution in [1.29, 1.82) is 0 Å². The molecule has 0 unspecified atom stereocenters. The fraction of sp³-hybridized carbons (Fsp3) is 0.350. The SMILES string of the molecule is CCCNC(=O)c1ccc(-c2ccc(S(=O)(=O)N3CCCC3)cc2)cc1. The Morgan fingerprint density at radius 3 is 2.04 bits per heavy atom. The Kier molecular flexibility index (Phi) is 5.74. The number of benzene rings is 2. The molecular weight excluding hydrogens is 348 g/mol. The smallest absolute Gasteiger partial charge is 0.251 e. The fourth-order valence-corrected chi connectivity index (χ4v) is 4.57. The van der Waals surface area contributed by atoms with E-state index in [-0.39, 0.29) is 5.91 Å². The molecule has 0 aliphatic carbocycles. The van der Waals surface area contributed by atoms with Crippen LogP contribution in [0.3, 0.4) is 0 Å². The van der Waals surface area contributed by atoms with Crippen LogP contribution in [0.15, 0.2) is 53.4 Å². The predicted molar refractivity (Wildman–Crippen MR) is 102 cm³/mol. The van der Waals surface area contributed by atoms with Crippen molar-refractivity contribution in [2.75, 3.05) is 19.6 Å². The second kappa shape index (κ2) is 8.01. The molecule has 138 valence electrons. The molecule has 0 saturated carbocycles. The third-order valence-electron chi connectivity index (χ3n) is 4.57. The highest BCUT2D eigenvalue weighted by Gasteiger charge is 2.26. The van der Waals surface area contributed by atoms with E-state index in [1.807, 2.05) is 31.2 Å². The van der Waals surface area contributed by atoms with Crippen molar-refractivity contribution in [2.24, 2.45) is 0 Å². The number of hydrogen-bond acceptors (Lipinski definition) is 3. The van der Waals surface area contributed by atoms with Gasteiger partial charge in [0, 0.05) is 25.2 Å². The Hall–Kier alpha value is -2.18. The molecule has 0 spiro atoms. The molecule has 3 rings (SSSR count). The summed E-state index contributed by atoms with van der Waals surface area (Å²) in [5.74, 6) is -0.0783. The molecule has 6 heteroatoms. The molecule has 1 fully saturated rings. The summed E-state index contributed by atoms with van der Waals surface area (Å²) in [5.41, 5.74) is 2.49. The highest BCUT2D eigenvalue weighted by molar-refractivity contribution is 7.89. The molecule has 2 aromatic carbocycles. The van der Waals surface area contributed by atoms with Gasteiger partial charge in [-0.15, -0.1) is 0 Å². The van der Waals surface area contributed by atoms with E-state index in [0.717, 1.165) is 30.4 Å². The number of carbonyl (C=O) groups is 1. The Labute approximate surface area is 155 Å². The third kappa shape index (κ3) is 3.97. The van der Waals surface area contributed by atoms with E-state index < -0.39 is 10.0 Å². The monoisotopic (exact) mass is 372 g/mol. The number of hydrogen-bond donors (Lipinski definition) is 1. The maximum atomic E-state index is 12.6. The summed E-state index contributed by atoms with van der Waals surface area (Å²) in [4.78, 5) is 12.3. The standard InChI is InChI=1S/C20H24N2O3S/c1-2-13-21-20(23)18-7-5-16(6-8-18)17-9-11-19(12-10-17)26(24,25)22-14-3-4-15-22/h5-12H,2-4,13-15H2,1H3,(H,21,23). The van der Waals surface area contributed by atoms with Gasteiger partial charge in [-0.2, -0.15) is 4.31 Å². The first-order valence-corrected chi connectivity index (χ1v) is 10.5. The molecule has 1 aliphatic rings. The first-order chi connectivity index (χ1) is 12.5. The Morgan fingerprint density at radius 2 is 1.50 bits per heavy atom. The van der Waals surface area contributed by atoms with E-state index in [2.05, 4.69) is 5.32 Å². The van der Waals surface area contributed by atoms with Gasteiger partial charge in [-0.3, -0.25) is 4.79 Å².